The second-order valence-electron chi connectivity index (χ2n) is 4.58. The van der Waals surface area contributed by atoms with Crippen molar-refractivity contribution in [1.82, 2.24) is 0 Å². The number of esters is 2. The van der Waals surface area contributed by atoms with Crippen LogP contribution in [0, 0.1) is 5.41 Å². The van der Waals surface area contributed by atoms with Gasteiger partial charge in [0, 0.05) is 0 Å². The quantitative estimate of drug-likeness (QED) is 0.438. The molecule has 0 N–H and O–H groups in total. The minimum Gasteiger partial charge on any atom is -0.497 e. The molecule has 114 valence electrons. The Morgan fingerprint density at radius 2 is 1.62 bits per heavy atom. The van der Waals surface area contributed by atoms with Gasteiger partial charge in [-0.15, -0.1) is 6.58 Å². The lowest BCUT2D eigenvalue weighted by Crippen LogP contribution is -2.42. The fraction of sp³-hybridized carbons (Fsp3) is 0.375. The summed E-state index contributed by atoms with van der Waals surface area (Å²) < 4.78 is 14.7. The van der Waals surface area contributed by atoms with Crippen LogP contribution in [0.2, 0.25) is 0 Å². The van der Waals surface area contributed by atoms with Crippen molar-refractivity contribution >= 4 is 11.9 Å². The van der Waals surface area contributed by atoms with Crippen LogP contribution in [0.15, 0.2) is 36.9 Å². The Balaban J connectivity index is 3.17. The van der Waals surface area contributed by atoms with Crippen LogP contribution in [-0.4, -0.2) is 33.3 Å². The van der Waals surface area contributed by atoms with Crippen LogP contribution >= 0.6 is 0 Å². The lowest BCUT2D eigenvalue weighted by Gasteiger charge is -2.27. The van der Waals surface area contributed by atoms with Crippen molar-refractivity contribution < 1.29 is 23.8 Å². The van der Waals surface area contributed by atoms with Crippen LogP contribution in [0.25, 0.3) is 0 Å². The lowest BCUT2D eigenvalue weighted by atomic mass is 9.78. The topological polar surface area (TPSA) is 61.8 Å². The van der Waals surface area contributed by atoms with Crippen molar-refractivity contribution in [3.8, 4) is 5.75 Å². The summed E-state index contributed by atoms with van der Waals surface area (Å²) in [5, 5.41) is 0. The van der Waals surface area contributed by atoms with Crippen LogP contribution < -0.4 is 4.74 Å². The largest absolute Gasteiger partial charge is 0.497 e. The molecule has 1 aromatic carbocycles. The summed E-state index contributed by atoms with van der Waals surface area (Å²) in [5.41, 5.74) is -0.617. The van der Waals surface area contributed by atoms with E-state index in [-0.39, 0.29) is 12.8 Å². The van der Waals surface area contributed by atoms with Crippen molar-refractivity contribution in [3.63, 3.8) is 0 Å². The fourth-order valence-corrected chi connectivity index (χ4v) is 2.20. The summed E-state index contributed by atoms with van der Waals surface area (Å²) in [6.45, 7) is 3.61. The first-order valence-corrected chi connectivity index (χ1v) is 6.44. The number of allylic oxidation sites excluding steroid dienone is 1. The minimum atomic E-state index is -1.42. The van der Waals surface area contributed by atoms with Crippen LogP contribution in [0.4, 0.5) is 0 Å². The highest BCUT2D eigenvalue weighted by Crippen LogP contribution is 2.31. The maximum Gasteiger partial charge on any atom is 0.323 e. The number of hydrogen-bond donors (Lipinski definition) is 0. The van der Waals surface area contributed by atoms with Crippen LogP contribution in [0.3, 0.4) is 0 Å². The van der Waals surface area contributed by atoms with Gasteiger partial charge in [0.15, 0.2) is 5.41 Å². The second kappa shape index (κ2) is 7.47. The third-order valence-electron chi connectivity index (χ3n) is 3.31. The molecule has 0 aliphatic heterocycles. The van der Waals surface area contributed by atoms with E-state index < -0.39 is 17.4 Å². The van der Waals surface area contributed by atoms with Crippen LogP contribution in [0.5, 0.6) is 5.75 Å². The molecule has 0 aromatic heterocycles. The third-order valence-corrected chi connectivity index (χ3v) is 3.31. The second-order valence-corrected chi connectivity index (χ2v) is 4.58. The fourth-order valence-electron chi connectivity index (χ4n) is 2.20. The number of rotatable bonds is 7. The molecule has 0 saturated carbocycles. The number of benzene rings is 1. The van der Waals surface area contributed by atoms with Gasteiger partial charge in [0.25, 0.3) is 0 Å². The maximum absolute atomic E-state index is 12.2. The summed E-state index contributed by atoms with van der Waals surface area (Å²) in [6, 6.07) is 7.12. The first kappa shape index (κ1) is 16.8. The van der Waals surface area contributed by atoms with Gasteiger partial charge in [-0.3, -0.25) is 9.59 Å². The van der Waals surface area contributed by atoms with E-state index in [4.69, 9.17) is 14.2 Å². The zero-order chi connectivity index (χ0) is 15.9. The number of ether oxygens (including phenoxy) is 3. The van der Waals surface area contributed by atoms with E-state index >= 15 is 0 Å². The molecule has 0 unspecified atom stereocenters. The molecule has 0 aliphatic carbocycles. The van der Waals surface area contributed by atoms with Gasteiger partial charge in [0.05, 0.1) is 21.3 Å². The number of hydrogen-bond acceptors (Lipinski definition) is 5. The van der Waals surface area contributed by atoms with Gasteiger partial charge in [-0.1, -0.05) is 18.2 Å². The first-order chi connectivity index (χ1) is 10.0. The molecule has 0 saturated heterocycles. The molecular weight excluding hydrogens is 272 g/mol. The molecule has 5 nitrogen and oxygen atoms in total. The molecule has 0 bridgehead atoms. The summed E-state index contributed by atoms with van der Waals surface area (Å²) in [7, 11) is 4.06. The van der Waals surface area contributed by atoms with Gasteiger partial charge in [0.2, 0.25) is 0 Å². The Morgan fingerprint density at radius 3 is 2.00 bits per heavy atom. The molecule has 0 amide bonds. The van der Waals surface area contributed by atoms with Gasteiger partial charge in [-0.2, -0.15) is 0 Å². The standard InChI is InChI=1S/C16H20O5/c1-5-10-16(14(17)20-3,15(18)21-4)11-12-6-8-13(19-2)9-7-12/h5-9H,1,10-11H2,2-4H3. The summed E-state index contributed by atoms with van der Waals surface area (Å²) in [4.78, 5) is 24.3. The van der Waals surface area contributed by atoms with Crippen molar-refractivity contribution in [2.24, 2.45) is 5.41 Å². The number of methoxy groups -OCH3 is 3. The first-order valence-electron chi connectivity index (χ1n) is 6.44. The minimum absolute atomic E-state index is 0.137. The molecule has 5 heteroatoms. The molecule has 0 atom stereocenters. The van der Waals surface area contributed by atoms with E-state index in [2.05, 4.69) is 6.58 Å². The summed E-state index contributed by atoms with van der Waals surface area (Å²) in [5.74, 6) is -0.570. The highest BCUT2D eigenvalue weighted by atomic mass is 16.5. The highest BCUT2D eigenvalue weighted by Gasteiger charge is 2.47. The van der Waals surface area contributed by atoms with Gasteiger partial charge in [0.1, 0.15) is 5.75 Å². The SMILES string of the molecule is C=CCC(Cc1ccc(OC)cc1)(C(=O)OC)C(=O)OC. The van der Waals surface area contributed by atoms with Crippen molar-refractivity contribution in [2.45, 2.75) is 12.8 Å². The Morgan fingerprint density at radius 1 is 1.10 bits per heavy atom. The third kappa shape index (κ3) is 3.62. The zero-order valence-electron chi connectivity index (χ0n) is 12.5. The average Bonchev–Trinajstić information content (AvgIpc) is 2.53. The van der Waals surface area contributed by atoms with E-state index in [9.17, 15) is 9.59 Å². The predicted molar refractivity (Wildman–Crippen MR) is 78.0 cm³/mol. The van der Waals surface area contributed by atoms with E-state index in [1.54, 1.807) is 31.4 Å². The monoisotopic (exact) mass is 292 g/mol. The molecule has 0 radical (unpaired) electrons. The van der Waals surface area contributed by atoms with Gasteiger partial charge in [-0.25, -0.2) is 0 Å². The normalized spacial score (nSPS) is 10.6. The number of carbonyl (C=O) groups is 2. The summed E-state index contributed by atoms with van der Waals surface area (Å²) in [6.07, 6.45) is 1.82. The molecular formula is C16H20O5. The molecule has 1 aromatic rings. The Kier molecular flexibility index (Phi) is 5.96. The maximum atomic E-state index is 12.2. The van der Waals surface area contributed by atoms with E-state index in [0.29, 0.717) is 5.75 Å². The molecule has 0 aliphatic rings. The van der Waals surface area contributed by atoms with E-state index in [0.717, 1.165) is 5.56 Å². The van der Waals surface area contributed by atoms with Gasteiger partial charge in [-0.05, 0) is 30.5 Å². The summed E-state index contributed by atoms with van der Waals surface area (Å²) >= 11 is 0. The predicted octanol–water partition coefficient (Wildman–Crippen LogP) is 2.15. The Bertz CT molecular complexity index is 488. The molecule has 0 spiro atoms. The molecule has 21 heavy (non-hydrogen) atoms. The smallest absolute Gasteiger partial charge is 0.323 e. The van der Waals surface area contributed by atoms with E-state index in [1.807, 2.05) is 0 Å². The van der Waals surface area contributed by atoms with Gasteiger partial charge >= 0.3 is 11.9 Å². The van der Waals surface area contributed by atoms with E-state index in [1.165, 1.54) is 20.3 Å². The zero-order valence-corrected chi connectivity index (χ0v) is 12.5. The van der Waals surface area contributed by atoms with Crippen LogP contribution in [-0.2, 0) is 25.5 Å². The highest BCUT2D eigenvalue weighted by molar-refractivity contribution is 6.00. The number of carbonyl (C=O) groups excluding carboxylic acids is 2. The van der Waals surface area contributed by atoms with Crippen LogP contribution in [0.1, 0.15) is 12.0 Å². The molecule has 0 fully saturated rings. The lowest BCUT2D eigenvalue weighted by molar-refractivity contribution is -0.168. The van der Waals surface area contributed by atoms with Crippen molar-refractivity contribution in [2.75, 3.05) is 21.3 Å². The van der Waals surface area contributed by atoms with Gasteiger partial charge < -0.3 is 14.2 Å². The molecule has 1 rings (SSSR count). The Hall–Kier alpha value is -2.30. The van der Waals surface area contributed by atoms with Crippen molar-refractivity contribution in [1.29, 1.82) is 0 Å². The Labute approximate surface area is 124 Å². The molecule has 0 heterocycles. The average molecular weight is 292 g/mol. The van der Waals surface area contributed by atoms with Crippen molar-refractivity contribution in [3.05, 3.63) is 42.5 Å².